The first-order chi connectivity index (χ1) is 14.7. The molecular formula is C21H28FN7O. The van der Waals surface area contributed by atoms with Gasteiger partial charge >= 0.3 is 0 Å². The molecule has 0 saturated carbocycles. The number of benzene rings is 1. The molecule has 1 aliphatic heterocycles. The van der Waals surface area contributed by atoms with Gasteiger partial charge in [-0.15, -0.1) is 0 Å². The van der Waals surface area contributed by atoms with Gasteiger partial charge in [0.05, 0.1) is 19.0 Å². The molecule has 2 atom stereocenters. The minimum atomic E-state index is -0.407. The molecule has 30 heavy (non-hydrogen) atoms. The molecule has 0 spiro atoms. The molecule has 0 unspecified atom stereocenters. The van der Waals surface area contributed by atoms with Gasteiger partial charge in [-0.2, -0.15) is 9.61 Å². The van der Waals surface area contributed by atoms with Crippen LogP contribution in [0.1, 0.15) is 24.5 Å². The number of aryl methyl sites for hydroxylation is 1. The second kappa shape index (κ2) is 9.38. The van der Waals surface area contributed by atoms with E-state index in [-0.39, 0.29) is 11.9 Å². The summed E-state index contributed by atoms with van der Waals surface area (Å²) < 4.78 is 15.7. The Morgan fingerprint density at radius 3 is 2.93 bits per heavy atom. The van der Waals surface area contributed by atoms with Gasteiger partial charge in [0, 0.05) is 36.3 Å². The molecule has 0 bridgehead atoms. The molecule has 2 aromatic heterocycles. The van der Waals surface area contributed by atoms with E-state index in [9.17, 15) is 9.50 Å². The fourth-order valence-electron chi connectivity index (χ4n) is 3.65. The number of aromatic nitrogens is 3. The van der Waals surface area contributed by atoms with Crippen LogP contribution in [0, 0.1) is 5.82 Å². The lowest BCUT2D eigenvalue weighted by molar-refractivity contribution is 0.104. The Kier molecular flexibility index (Phi) is 6.41. The lowest BCUT2D eigenvalue weighted by Gasteiger charge is -2.29. The summed E-state index contributed by atoms with van der Waals surface area (Å²) in [5.74, 6) is 1.17. The van der Waals surface area contributed by atoms with Crippen LogP contribution in [0.25, 0.3) is 5.65 Å². The first-order valence-electron chi connectivity index (χ1n) is 10.4. The maximum absolute atomic E-state index is 14.0. The highest BCUT2D eigenvalue weighted by atomic mass is 19.1. The van der Waals surface area contributed by atoms with Crippen molar-refractivity contribution in [3.63, 3.8) is 0 Å². The van der Waals surface area contributed by atoms with Crippen molar-refractivity contribution >= 4 is 17.3 Å². The zero-order valence-electron chi connectivity index (χ0n) is 17.0. The first kappa shape index (κ1) is 20.5. The molecule has 0 aliphatic carbocycles. The van der Waals surface area contributed by atoms with E-state index < -0.39 is 6.10 Å². The number of fused-ring (bicyclic) bond motifs is 1. The number of piperidine rings is 1. The molecule has 1 aromatic carbocycles. The van der Waals surface area contributed by atoms with Crippen LogP contribution in [0.4, 0.5) is 16.0 Å². The lowest BCUT2D eigenvalue weighted by atomic mass is 10.0. The third-order valence-electron chi connectivity index (χ3n) is 5.43. The van der Waals surface area contributed by atoms with Crippen molar-refractivity contribution in [2.24, 2.45) is 0 Å². The Morgan fingerprint density at radius 2 is 2.13 bits per heavy atom. The van der Waals surface area contributed by atoms with Gasteiger partial charge in [0.25, 0.3) is 0 Å². The van der Waals surface area contributed by atoms with Crippen molar-refractivity contribution in [1.82, 2.24) is 25.2 Å². The fourth-order valence-corrected chi connectivity index (χ4v) is 3.65. The number of aliphatic hydroxyl groups excluding tert-OH is 1. The number of rotatable bonds is 8. The van der Waals surface area contributed by atoms with Crippen LogP contribution in [0.3, 0.4) is 0 Å². The maximum atomic E-state index is 14.0. The van der Waals surface area contributed by atoms with Crippen LogP contribution in [0.2, 0.25) is 0 Å². The Labute approximate surface area is 174 Å². The van der Waals surface area contributed by atoms with E-state index in [1.165, 1.54) is 6.07 Å². The highest BCUT2D eigenvalue weighted by Gasteiger charge is 2.21. The number of hydrogen-bond acceptors (Lipinski definition) is 7. The molecule has 1 aliphatic rings. The van der Waals surface area contributed by atoms with E-state index in [1.54, 1.807) is 16.6 Å². The predicted molar refractivity (Wildman–Crippen MR) is 115 cm³/mol. The molecule has 1 fully saturated rings. The molecule has 8 nitrogen and oxygen atoms in total. The van der Waals surface area contributed by atoms with E-state index in [4.69, 9.17) is 4.98 Å². The molecule has 1 saturated heterocycles. The van der Waals surface area contributed by atoms with Crippen molar-refractivity contribution in [1.29, 1.82) is 0 Å². The Morgan fingerprint density at radius 1 is 1.27 bits per heavy atom. The van der Waals surface area contributed by atoms with Crippen molar-refractivity contribution in [3.05, 3.63) is 53.5 Å². The molecule has 5 N–H and O–H groups in total. The smallest absolute Gasteiger partial charge is 0.162 e. The second-order valence-electron chi connectivity index (χ2n) is 7.45. The number of hydrogen-bond donors (Lipinski definition) is 5. The zero-order chi connectivity index (χ0) is 20.9. The van der Waals surface area contributed by atoms with Crippen molar-refractivity contribution in [2.45, 2.75) is 38.5 Å². The van der Waals surface area contributed by atoms with E-state index in [1.807, 2.05) is 18.3 Å². The van der Waals surface area contributed by atoms with Crippen molar-refractivity contribution < 1.29 is 9.50 Å². The summed E-state index contributed by atoms with van der Waals surface area (Å²) in [7, 11) is 0. The molecule has 160 valence electrons. The van der Waals surface area contributed by atoms with Gasteiger partial charge in [-0.1, -0.05) is 25.1 Å². The van der Waals surface area contributed by atoms with Gasteiger partial charge in [-0.05, 0) is 25.5 Å². The highest BCUT2D eigenvalue weighted by Crippen LogP contribution is 2.20. The Balaban J connectivity index is 1.50. The van der Waals surface area contributed by atoms with Crippen LogP contribution in [-0.4, -0.2) is 51.6 Å². The van der Waals surface area contributed by atoms with Crippen LogP contribution in [0.15, 0.2) is 36.5 Å². The molecule has 0 radical (unpaired) electrons. The molecule has 3 heterocycles. The number of halogens is 1. The average Bonchev–Trinajstić information content (AvgIpc) is 3.17. The maximum Gasteiger partial charge on any atom is 0.162 e. The summed E-state index contributed by atoms with van der Waals surface area (Å²) in [4.78, 5) is 4.70. The largest absolute Gasteiger partial charge is 0.390 e. The number of nitrogens with zero attached hydrogens (tertiary/aromatic N) is 3. The molecule has 4 rings (SSSR count). The summed E-state index contributed by atoms with van der Waals surface area (Å²) in [6, 6.07) is 8.62. The van der Waals surface area contributed by atoms with E-state index in [0.29, 0.717) is 31.1 Å². The average molecular weight is 414 g/mol. The van der Waals surface area contributed by atoms with Crippen LogP contribution in [-0.2, 0) is 13.0 Å². The van der Waals surface area contributed by atoms with Crippen LogP contribution < -0.4 is 21.3 Å². The minimum Gasteiger partial charge on any atom is -0.390 e. The number of anilines is 2. The number of aliphatic hydroxyl groups is 1. The number of β-amino-alcohol motifs (C(OH)–C–C–N with tert-alkyl or cyclic N) is 1. The van der Waals surface area contributed by atoms with Gasteiger partial charge in [0.1, 0.15) is 17.5 Å². The molecular weight excluding hydrogens is 385 g/mol. The van der Waals surface area contributed by atoms with Crippen molar-refractivity contribution in [2.75, 3.05) is 30.4 Å². The molecule has 3 aromatic rings. The van der Waals surface area contributed by atoms with Gasteiger partial charge < -0.3 is 21.1 Å². The van der Waals surface area contributed by atoms with Crippen molar-refractivity contribution in [3.8, 4) is 0 Å². The molecule has 9 heteroatoms. The zero-order valence-corrected chi connectivity index (χ0v) is 17.0. The summed E-state index contributed by atoms with van der Waals surface area (Å²) in [6.45, 7) is 4.37. The topological polar surface area (TPSA) is 98.5 Å². The van der Waals surface area contributed by atoms with Gasteiger partial charge in [0.2, 0.25) is 0 Å². The van der Waals surface area contributed by atoms with Crippen LogP contribution >= 0.6 is 0 Å². The SMILES string of the molecule is CCc1cnn2c(NCc3ccccc3F)cc(NCN[C@H]3CCNC[C@@H]3O)nc12. The number of nitrogens with one attached hydrogen (secondary N) is 4. The van der Waals surface area contributed by atoms with E-state index in [2.05, 4.69) is 33.3 Å². The van der Waals surface area contributed by atoms with Gasteiger partial charge in [-0.3, -0.25) is 5.32 Å². The van der Waals surface area contributed by atoms with E-state index in [0.717, 1.165) is 36.4 Å². The monoisotopic (exact) mass is 413 g/mol. The van der Waals surface area contributed by atoms with Gasteiger partial charge in [-0.25, -0.2) is 9.37 Å². The van der Waals surface area contributed by atoms with Gasteiger partial charge in [0.15, 0.2) is 5.65 Å². The standard InChI is InChI=1S/C21H28FN7O/c1-2-14-11-27-29-20(24-10-15-5-3-4-6-16(15)22)9-19(28-21(14)29)26-13-25-17-7-8-23-12-18(17)30/h3-6,9,11,17-18,23-25,30H,2,7-8,10,12-13H2,1H3,(H,26,28)/t17-,18-/m0/s1. The quantitative estimate of drug-likeness (QED) is 0.359. The summed E-state index contributed by atoms with van der Waals surface area (Å²) in [6.07, 6.45) is 3.08. The summed E-state index contributed by atoms with van der Waals surface area (Å²) in [5.41, 5.74) is 2.39. The second-order valence-corrected chi connectivity index (χ2v) is 7.45. The minimum absolute atomic E-state index is 0.0438. The van der Waals surface area contributed by atoms with Crippen LogP contribution in [0.5, 0.6) is 0 Å². The predicted octanol–water partition coefficient (Wildman–Crippen LogP) is 1.72. The fraction of sp³-hybridized carbons (Fsp3) is 0.429. The third-order valence-corrected chi connectivity index (χ3v) is 5.43. The molecule has 0 amide bonds. The Hall–Kier alpha value is -2.75. The lowest BCUT2D eigenvalue weighted by Crippen LogP contribution is -2.52. The Bertz CT molecular complexity index is 993. The van der Waals surface area contributed by atoms with E-state index >= 15 is 0 Å². The highest BCUT2D eigenvalue weighted by molar-refractivity contribution is 5.60. The summed E-state index contributed by atoms with van der Waals surface area (Å²) >= 11 is 0. The first-order valence-corrected chi connectivity index (χ1v) is 10.4. The third kappa shape index (κ3) is 4.53. The normalized spacial score (nSPS) is 19.2. The summed E-state index contributed by atoms with van der Waals surface area (Å²) in [5, 5.41) is 27.6.